The molecule has 0 radical (unpaired) electrons. The maximum Gasteiger partial charge on any atom is 0.220 e. The van der Waals surface area contributed by atoms with Crippen LogP contribution in [0.25, 0.3) is 0 Å². The second-order valence-electron chi connectivity index (χ2n) is 13.3. The summed E-state index contributed by atoms with van der Waals surface area (Å²) in [6, 6.07) is 0. The van der Waals surface area contributed by atoms with Crippen molar-refractivity contribution in [3.8, 4) is 0 Å². The first-order valence-corrected chi connectivity index (χ1v) is 14.6. The molecule has 0 aromatic rings. The third kappa shape index (κ3) is 5.06. The van der Waals surface area contributed by atoms with Gasteiger partial charge < -0.3 is 26.4 Å². The van der Waals surface area contributed by atoms with Crippen molar-refractivity contribution in [2.75, 3.05) is 13.1 Å². The Labute approximate surface area is 212 Å². The van der Waals surface area contributed by atoms with Crippen molar-refractivity contribution >= 4 is 5.91 Å². The normalized spacial score (nSPS) is 45.8. The Morgan fingerprint density at radius 1 is 0.943 bits per heavy atom. The first kappa shape index (κ1) is 27.3. The molecular formula is C29H52N2O4. The van der Waals surface area contributed by atoms with Crippen molar-refractivity contribution in [3.05, 3.63) is 0 Å². The van der Waals surface area contributed by atoms with E-state index in [1.165, 1.54) is 6.42 Å². The largest absolute Gasteiger partial charge is 0.393 e. The fraction of sp³-hybridized carbons (Fsp3) is 0.966. The molecule has 0 spiro atoms. The summed E-state index contributed by atoms with van der Waals surface area (Å²) >= 11 is 0. The topological polar surface area (TPSA) is 116 Å². The molecule has 0 saturated heterocycles. The lowest BCUT2D eigenvalue weighted by molar-refractivity contribution is -0.223. The Balaban J connectivity index is 1.38. The summed E-state index contributed by atoms with van der Waals surface area (Å²) in [5, 5.41) is 36.0. The average Bonchev–Trinajstić information content (AvgIpc) is 3.19. The monoisotopic (exact) mass is 492 g/mol. The van der Waals surface area contributed by atoms with Crippen LogP contribution in [0.3, 0.4) is 0 Å². The van der Waals surface area contributed by atoms with Gasteiger partial charge in [-0.25, -0.2) is 0 Å². The van der Waals surface area contributed by atoms with Gasteiger partial charge in [0, 0.05) is 13.0 Å². The highest BCUT2D eigenvalue weighted by molar-refractivity contribution is 5.75. The molecule has 11 atom stereocenters. The fourth-order valence-electron chi connectivity index (χ4n) is 9.54. The first-order chi connectivity index (χ1) is 16.6. The molecule has 0 aromatic carbocycles. The molecule has 202 valence electrons. The van der Waals surface area contributed by atoms with Crippen molar-refractivity contribution in [1.82, 2.24) is 5.32 Å². The van der Waals surface area contributed by atoms with E-state index in [0.29, 0.717) is 43.1 Å². The maximum absolute atomic E-state index is 12.4. The lowest BCUT2D eigenvalue weighted by Gasteiger charge is -2.63. The Hall–Kier alpha value is -0.690. The minimum Gasteiger partial charge on any atom is -0.393 e. The van der Waals surface area contributed by atoms with Crippen LogP contribution in [0.15, 0.2) is 0 Å². The summed E-state index contributed by atoms with van der Waals surface area (Å²) in [6.07, 6.45) is 9.77. The van der Waals surface area contributed by atoms with Crippen LogP contribution < -0.4 is 11.1 Å². The van der Waals surface area contributed by atoms with Crippen LogP contribution in [0, 0.1) is 46.3 Å². The van der Waals surface area contributed by atoms with Gasteiger partial charge in [-0.3, -0.25) is 4.79 Å². The molecule has 0 heterocycles. The predicted molar refractivity (Wildman–Crippen MR) is 138 cm³/mol. The maximum atomic E-state index is 12.4. The van der Waals surface area contributed by atoms with E-state index in [4.69, 9.17) is 5.73 Å². The molecule has 4 aliphatic carbocycles. The lowest BCUT2D eigenvalue weighted by atomic mass is 9.43. The zero-order valence-corrected chi connectivity index (χ0v) is 22.4. The third-order valence-corrected chi connectivity index (χ3v) is 11.5. The van der Waals surface area contributed by atoms with E-state index in [2.05, 4.69) is 26.1 Å². The number of unbranched alkanes of at least 4 members (excludes halogenated alkanes) is 2. The molecule has 6 heteroatoms. The third-order valence-electron chi connectivity index (χ3n) is 11.5. The van der Waals surface area contributed by atoms with Gasteiger partial charge in [0.05, 0.1) is 18.3 Å². The van der Waals surface area contributed by atoms with Gasteiger partial charge in [-0.05, 0) is 117 Å². The molecule has 0 aliphatic heterocycles. The van der Waals surface area contributed by atoms with Crippen molar-refractivity contribution in [3.63, 3.8) is 0 Å². The number of nitrogens with two attached hydrogens (primary N) is 1. The van der Waals surface area contributed by atoms with Crippen LogP contribution in [-0.4, -0.2) is 52.6 Å². The predicted octanol–water partition coefficient (Wildman–Crippen LogP) is 3.61. The standard InChI is InChI=1S/C29H52N2O4/c1-18(7-10-24(33)31-16-6-4-5-15-30)20-8-9-21-25-22(12-14-28(20,21)2)29(3)13-11-19(32)17-23(29)26(34)27(25)35/h18-23,25-27,32,34-35H,4-17,30H2,1-3H3,(H,31,33)/t18-,19-,20-,21+,22+,23+,25+,26+,27+,28-,29-/m0/s1. The van der Waals surface area contributed by atoms with Gasteiger partial charge in [0.15, 0.2) is 0 Å². The van der Waals surface area contributed by atoms with Crippen LogP contribution in [0.5, 0.6) is 0 Å². The van der Waals surface area contributed by atoms with Crippen LogP contribution in [0.2, 0.25) is 0 Å². The average molecular weight is 493 g/mol. The van der Waals surface area contributed by atoms with Crippen LogP contribution in [-0.2, 0) is 4.79 Å². The van der Waals surface area contributed by atoms with E-state index in [1.807, 2.05) is 0 Å². The summed E-state index contributed by atoms with van der Waals surface area (Å²) < 4.78 is 0. The van der Waals surface area contributed by atoms with Gasteiger partial charge >= 0.3 is 0 Å². The van der Waals surface area contributed by atoms with Gasteiger partial charge in [0.2, 0.25) is 5.91 Å². The molecule has 1 amide bonds. The van der Waals surface area contributed by atoms with Crippen molar-refractivity contribution in [2.24, 2.45) is 52.1 Å². The summed E-state index contributed by atoms with van der Waals surface area (Å²) in [6.45, 7) is 8.56. The number of hydrogen-bond acceptors (Lipinski definition) is 5. The molecule has 4 aliphatic rings. The number of carbonyl (C=O) groups is 1. The summed E-state index contributed by atoms with van der Waals surface area (Å²) in [5.74, 6) is 2.20. The number of nitrogens with one attached hydrogen (secondary N) is 1. The Bertz CT molecular complexity index is 733. The highest BCUT2D eigenvalue weighted by atomic mass is 16.3. The molecule has 4 fully saturated rings. The van der Waals surface area contributed by atoms with Crippen LogP contribution >= 0.6 is 0 Å². The Morgan fingerprint density at radius 2 is 1.66 bits per heavy atom. The number of amides is 1. The van der Waals surface area contributed by atoms with E-state index in [9.17, 15) is 20.1 Å². The second kappa shape index (κ2) is 11.0. The minimum absolute atomic E-state index is 0.00296. The van der Waals surface area contributed by atoms with E-state index < -0.39 is 12.2 Å². The zero-order chi connectivity index (χ0) is 25.4. The van der Waals surface area contributed by atoms with Gasteiger partial charge in [-0.1, -0.05) is 27.2 Å². The van der Waals surface area contributed by atoms with Crippen molar-refractivity contribution < 1.29 is 20.1 Å². The van der Waals surface area contributed by atoms with Crippen LogP contribution in [0.1, 0.15) is 97.8 Å². The van der Waals surface area contributed by atoms with E-state index >= 15 is 0 Å². The molecule has 6 N–H and O–H groups in total. The fourth-order valence-corrected chi connectivity index (χ4v) is 9.54. The van der Waals surface area contributed by atoms with Gasteiger partial charge in [0.25, 0.3) is 0 Å². The van der Waals surface area contributed by atoms with Crippen molar-refractivity contribution in [2.45, 2.75) is 116 Å². The van der Waals surface area contributed by atoms with Gasteiger partial charge in [-0.2, -0.15) is 0 Å². The van der Waals surface area contributed by atoms with E-state index in [1.54, 1.807) is 0 Å². The smallest absolute Gasteiger partial charge is 0.220 e. The van der Waals surface area contributed by atoms with E-state index in [0.717, 1.165) is 64.3 Å². The Morgan fingerprint density at radius 3 is 2.40 bits per heavy atom. The molecule has 0 aromatic heterocycles. The molecular weight excluding hydrogens is 440 g/mol. The molecule has 0 unspecified atom stereocenters. The van der Waals surface area contributed by atoms with Crippen LogP contribution in [0.4, 0.5) is 0 Å². The first-order valence-electron chi connectivity index (χ1n) is 14.6. The van der Waals surface area contributed by atoms with Gasteiger partial charge in [-0.15, -0.1) is 0 Å². The summed E-state index contributed by atoms with van der Waals surface area (Å²) in [7, 11) is 0. The lowest BCUT2D eigenvalue weighted by Crippen LogP contribution is -2.64. The number of aliphatic hydroxyl groups excluding tert-OH is 3. The number of rotatable bonds is 9. The molecule has 4 rings (SSSR count). The minimum atomic E-state index is -0.733. The molecule has 4 saturated carbocycles. The number of fused-ring (bicyclic) bond motifs is 5. The van der Waals surface area contributed by atoms with Crippen molar-refractivity contribution in [1.29, 1.82) is 0 Å². The van der Waals surface area contributed by atoms with E-state index in [-0.39, 0.29) is 34.7 Å². The SMILES string of the molecule is C[C@@H](CCC(=O)NCCCCCN)[C@@H]1CC[C@@H]2[C@H]3[C@@H](O)[C@H](O)[C@H]4C[C@@H](O)CC[C@@]4(C)[C@@H]3CC[C@]21C. The zero-order valence-electron chi connectivity index (χ0n) is 22.4. The molecule has 0 bridgehead atoms. The number of hydrogen-bond donors (Lipinski definition) is 5. The summed E-state index contributed by atoms with van der Waals surface area (Å²) in [4.78, 5) is 12.4. The molecule has 35 heavy (non-hydrogen) atoms. The Kier molecular flexibility index (Phi) is 8.57. The molecule has 6 nitrogen and oxygen atoms in total. The number of carbonyl (C=O) groups excluding carboxylic acids is 1. The van der Waals surface area contributed by atoms with Gasteiger partial charge in [0.1, 0.15) is 0 Å². The quantitative estimate of drug-likeness (QED) is 0.315. The highest BCUT2D eigenvalue weighted by Gasteiger charge is 2.65. The second-order valence-corrected chi connectivity index (χ2v) is 13.3. The number of aliphatic hydroxyl groups is 3. The highest BCUT2D eigenvalue weighted by Crippen LogP contribution is 2.68. The summed E-state index contributed by atoms with van der Waals surface area (Å²) in [5.41, 5.74) is 5.71.